The van der Waals surface area contributed by atoms with Crippen LogP contribution in [-0.4, -0.2) is 27.8 Å². The molecular formula is C23H19FN4O2. The second-order valence-electron chi connectivity index (χ2n) is 6.62. The fourth-order valence-corrected chi connectivity index (χ4v) is 3.09. The lowest BCUT2D eigenvalue weighted by Gasteiger charge is -2.09. The number of methoxy groups -OCH3 is 1. The van der Waals surface area contributed by atoms with Gasteiger partial charge in [-0.15, -0.1) is 5.10 Å². The molecule has 0 aliphatic carbocycles. The van der Waals surface area contributed by atoms with Gasteiger partial charge in [-0.1, -0.05) is 30.3 Å². The molecule has 0 spiro atoms. The van der Waals surface area contributed by atoms with Crippen LogP contribution in [0.2, 0.25) is 0 Å². The Balaban J connectivity index is 1.78. The molecule has 1 heterocycles. The molecule has 0 bridgehead atoms. The lowest BCUT2D eigenvalue weighted by atomic mass is 10.1. The van der Waals surface area contributed by atoms with Crippen LogP contribution < -0.4 is 10.1 Å². The van der Waals surface area contributed by atoms with Gasteiger partial charge in [0.1, 0.15) is 11.6 Å². The van der Waals surface area contributed by atoms with E-state index >= 15 is 0 Å². The second kappa shape index (κ2) is 8.16. The molecule has 3 aromatic carbocycles. The van der Waals surface area contributed by atoms with E-state index in [0.717, 1.165) is 11.3 Å². The van der Waals surface area contributed by atoms with E-state index in [-0.39, 0.29) is 11.6 Å². The summed E-state index contributed by atoms with van der Waals surface area (Å²) in [5.41, 5.74) is 2.90. The SMILES string of the molecule is COc1ccccc1NC(=O)c1nc(-c2ccc(F)cc2)n(-c2ccccc2C)n1. The molecule has 0 saturated carbocycles. The maximum absolute atomic E-state index is 13.4. The van der Waals surface area contributed by atoms with E-state index in [1.54, 1.807) is 35.0 Å². The Hall–Kier alpha value is -4.00. The van der Waals surface area contributed by atoms with E-state index < -0.39 is 5.91 Å². The molecule has 0 saturated heterocycles. The van der Waals surface area contributed by atoms with Gasteiger partial charge in [-0.3, -0.25) is 4.79 Å². The minimum absolute atomic E-state index is 0.0107. The van der Waals surface area contributed by atoms with Gasteiger partial charge in [-0.25, -0.2) is 14.1 Å². The monoisotopic (exact) mass is 402 g/mol. The highest BCUT2D eigenvalue weighted by Gasteiger charge is 2.20. The van der Waals surface area contributed by atoms with E-state index in [4.69, 9.17) is 4.74 Å². The van der Waals surface area contributed by atoms with Gasteiger partial charge in [0.15, 0.2) is 5.82 Å². The summed E-state index contributed by atoms with van der Waals surface area (Å²) in [5, 5.41) is 7.23. The molecule has 1 aromatic heterocycles. The number of nitrogens with one attached hydrogen (secondary N) is 1. The van der Waals surface area contributed by atoms with Crippen LogP contribution in [0.1, 0.15) is 16.2 Å². The number of anilines is 1. The molecule has 30 heavy (non-hydrogen) atoms. The van der Waals surface area contributed by atoms with Crippen molar-refractivity contribution in [3.8, 4) is 22.8 Å². The zero-order valence-electron chi connectivity index (χ0n) is 16.5. The van der Waals surface area contributed by atoms with Gasteiger partial charge < -0.3 is 10.1 Å². The molecule has 0 fully saturated rings. The maximum Gasteiger partial charge on any atom is 0.295 e. The third-order valence-electron chi connectivity index (χ3n) is 4.61. The van der Waals surface area contributed by atoms with Crippen LogP contribution in [0.25, 0.3) is 17.1 Å². The number of carbonyl (C=O) groups excluding carboxylic acids is 1. The number of rotatable bonds is 5. The Bertz CT molecular complexity index is 1200. The molecule has 6 nitrogen and oxygen atoms in total. The third kappa shape index (κ3) is 3.77. The van der Waals surface area contributed by atoms with Crippen molar-refractivity contribution < 1.29 is 13.9 Å². The Morgan fingerprint density at radius 1 is 1.00 bits per heavy atom. The van der Waals surface area contributed by atoms with Gasteiger partial charge in [0.2, 0.25) is 5.82 Å². The zero-order chi connectivity index (χ0) is 21.1. The topological polar surface area (TPSA) is 69.0 Å². The smallest absolute Gasteiger partial charge is 0.295 e. The number of carbonyl (C=O) groups is 1. The first-order valence-corrected chi connectivity index (χ1v) is 9.30. The number of aromatic nitrogens is 3. The Morgan fingerprint density at radius 2 is 1.70 bits per heavy atom. The first-order chi connectivity index (χ1) is 14.6. The first-order valence-electron chi connectivity index (χ1n) is 9.30. The summed E-state index contributed by atoms with van der Waals surface area (Å²) in [6, 6.07) is 20.6. The molecule has 0 unspecified atom stereocenters. The molecule has 7 heteroatoms. The Kier molecular flexibility index (Phi) is 5.26. The van der Waals surface area contributed by atoms with Crippen molar-refractivity contribution in [2.24, 2.45) is 0 Å². The molecule has 4 rings (SSSR count). The van der Waals surface area contributed by atoms with Crippen LogP contribution in [0.5, 0.6) is 5.75 Å². The normalized spacial score (nSPS) is 10.6. The van der Waals surface area contributed by atoms with E-state index in [1.165, 1.54) is 19.2 Å². The van der Waals surface area contributed by atoms with E-state index in [0.29, 0.717) is 22.8 Å². The number of halogens is 1. The zero-order valence-corrected chi connectivity index (χ0v) is 16.5. The van der Waals surface area contributed by atoms with Crippen LogP contribution in [0.4, 0.5) is 10.1 Å². The highest BCUT2D eigenvalue weighted by molar-refractivity contribution is 6.02. The quantitative estimate of drug-likeness (QED) is 0.528. The molecule has 0 radical (unpaired) electrons. The summed E-state index contributed by atoms with van der Waals surface area (Å²) in [6.45, 7) is 1.94. The highest BCUT2D eigenvalue weighted by Crippen LogP contribution is 2.26. The van der Waals surface area contributed by atoms with Crippen molar-refractivity contribution in [1.82, 2.24) is 14.8 Å². The minimum atomic E-state index is -0.477. The molecule has 0 aliphatic heterocycles. The van der Waals surface area contributed by atoms with Crippen LogP contribution in [-0.2, 0) is 0 Å². The van der Waals surface area contributed by atoms with Crippen molar-refractivity contribution in [3.05, 3.63) is 90.0 Å². The summed E-state index contributed by atoms with van der Waals surface area (Å²) in [4.78, 5) is 17.3. The summed E-state index contributed by atoms with van der Waals surface area (Å²) >= 11 is 0. The number of hydrogen-bond acceptors (Lipinski definition) is 4. The lowest BCUT2D eigenvalue weighted by molar-refractivity contribution is 0.101. The first kappa shape index (κ1) is 19.3. The van der Waals surface area contributed by atoms with E-state index in [9.17, 15) is 9.18 Å². The van der Waals surface area contributed by atoms with Gasteiger partial charge in [-0.2, -0.15) is 0 Å². The lowest BCUT2D eigenvalue weighted by Crippen LogP contribution is -2.15. The standard InChI is InChI=1S/C23H19FN4O2/c1-15-7-3-5-9-19(15)28-22(16-11-13-17(24)14-12-16)26-21(27-28)23(29)25-18-8-4-6-10-20(18)30-2/h3-14H,1-2H3,(H,25,29). The molecule has 0 atom stereocenters. The van der Waals surface area contributed by atoms with Crippen molar-refractivity contribution >= 4 is 11.6 Å². The van der Waals surface area contributed by atoms with Gasteiger partial charge in [0, 0.05) is 5.56 Å². The number of para-hydroxylation sites is 3. The number of aryl methyl sites for hydroxylation is 1. The van der Waals surface area contributed by atoms with Crippen molar-refractivity contribution in [2.75, 3.05) is 12.4 Å². The maximum atomic E-state index is 13.4. The number of benzene rings is 3. The molecule has 1 N–H and O–H groups in total. The van der Waals surface area contributed by atoms with Gasteiger partial charge in [0.05, 0.1) is 18.5 Å². The average molecular weight is 402 g/mol. The molecule has 150 valence electrons. The van der Waals surface area contributed by atoms with Crippen LogP contribution in [0.3, 0.4) is 0 Å². The summed E-state index contributed by atoms with van der Waals surface area (Å²) in [5.74, 6) is 0.131. The Labute approximate surface area is 173 Å². The van der Waals surface area contributed by atoms with Crippen molar-refractivity contribution in [2.45, 2.75) is 6.92 Å². The molecule has 0 aliphatic rings. The largest absolute Gasteiger partial charge is 0.495 e. The number of ether oxygens (including phenoxy) is 1. The van der Waals surface area contributed by atoms with Crippen LogP contribution >= 0.6 is 0 Å². The second-order valence-corrected chi connectivity index (χ2v) is 6.62. The number of hydrogen-bond donors (Lipinski definition) is 1. The summed E-state index contributed by atoms with van der Waals surface area (Å²) in [7, 11) is 1.53. The fraction of sp³-hybridized carbons (Fsp3) is 0.0870. The average Bonchev–Trinajstić information content (AvgIpc) is 3.20. The minimum Gasteiger partial charge on any atom is -0.495 e. The number of nitrogens with zero attached hydrogens (tertiary/aromatic N) is 3. The summed E-state index contributed by atoms with van der Waals surface area (Å²) < 4.78 is 20.3. The van der Waals surface area contributed by atoms with Gasteiger partial charge in [0.25, 0.3) is 5.91 Å². The van der Waals surface area contributed by atoms with Crippen LogP contribution in [0.15, 0.2) is 72.8 Å². The predicted octanol–water partition coefficient (Wildman–Crippen LogP) is 4.64. The van der Waals surface area contributed by atoms with Crippen molar-refractivity contribution in [3.63, 3.8) is 0 Å². The summed E-state index contributed by atoms with van der Waals surface area (Å²) in [6.07, 6.45) is 0. The van der Waals surface area contributed by atoms with E-state index in [2.05, 4.69) is 15.4 Å². The van der Waals surface area contributed by atoms with Crippen molar-refractivity contribution in [1.29, 1.82) is 0 Å². The van der Waals surface area contributed by atoms with Crippen LogP contribution in [0, 0.1) is 12.7 Å². The van der Waals surface area contributed by atoms with Gasteiger partial charge in [-0.05, 0) is 55.0 Å². The fourth-order valence-electron chi connectivity index (χ4n) is 3.09. The number of amides is 1. The molecular weight excluding hydrogens is 383 g/mol. The predicted molar refractivity (Wildman–Crippen MR) is 112 cm³/mol. The van der Waals surface area contributed by atoms with E-state index in [1.807, 2.05) is 37.3 Å². The van der Waals surface area contributed by atoms with Gasteiger partial charge >= 0.3 is 0 Å². The molecule has 1 amide bonds. The highest BCUT2D eigenvalue weighted by atomic mass is 19.1. The Morgan fingerprint density at radius 3 is 2.43 bits per heavy atom. The third-order valence-corrected chi connectivity index (χ3v) is 4.61. The molecule has 4 aromatic rings.